The topological polar surface area (TPSA) is 79.5 Å². The first-order valence-corrected chi connectivity index (χ1v) is 8.56. The molecule has 0 spiro atoms. The molecule has 3 fully saturated rings. The average molecular weight is 340 g/mol. The molecule has 25 heavy (non-hydrogen) atoms. The van der Waals surface area contributed by atoms with E-state index in [-0.39, 0.29) is 23.8 Å². The van der Waals surface area contributed by atoms with Gasteiger partial charge in [0.25, 0.3) is 11.8 Å². The lowest BCUT2D eigenvalue weighted by atomic mass is 9.94. The van der Waals surface area contributed by atoms with Crippen LogP contribution in [0.1, 0.15) is 39.6 Å². The minimum absolute atomic E-state index is 0.0101. The van der Waals surface area contributed by atoms with Crippen molar-refractivity contribution in [1.29, 1.82) is 0 Å². The van der Waals surface area contributed by atoms with E-state index in [4.69, 9.17) is 4.52 Å². The van der Waals surface area contributed by atoms with E-state index < -0.39 is 0 Å². The van der Waals surface area contributed by atoms with Crippen LogP contribution in [0.2, 0.25) is 0 Å². The van der Waals surface area contributed by atoms with Gasteiger partial charge in [-0.1, -0.05) is 11.2 Å². The Morgan fingerprint density at radius 1 is 1.12 bits per heavy atom. The number of hydrogen-bond donors (Lipinski definition) is 0. The van der Waals surface area contributed by atoms with Gasteiger partial charge >= 0.3 is 0 Å². The van der Waals surface area contributed by atoms with Gasteiger partial charge in [-0.05, 0) is 37.8 Å². The van der Waals surface area contributed by atoms with Gasteiger partial charge in [-0.2, -0.15) is 0 Å². The van der Waals surface area contributed by atoms with Gasteiger partial charge in [0, 0.05) is 37.9 Å². The van der Waals surface area contributed by atoms with Gasteiger partial charge in [0.05, 0.1) is 0 Å². The number of carbonyl (C=O) groups excluding carboxylic acids is 2. The molecule has 0 unspecified atom stereocenters. The van der Waals surface area contributed by atoms with E-state index in [1.165, 1.54) is 0 Å². The summed E-state index contributed by atoms with van der Waals surface area (Å²) in [6, 6.07) is 7.02. The summed E-state index contributed by atoms with van der Waals surface area (Å²) in [5.74, 6) is 0.724. The van der Waals surface area contributed by atoms with Crippen LogP contribution < -0.4 is 0 Å². The van der Waals surface area contributed by atoms with E-state index in [0.29, 0.717) is 36.8 Å². The monoisotopic (exact) mass is 340 g/mol. The summed E-state index contributed by atoms with van der Waals surface area (Å²) >= 11 is 0. The first-order chi connectivity index (χ1) is 12.1. The number of hydrogen-bond acceptors (Lipinski definition) is 5. The Morgan fingerprint density at radius 3 is 2.72 bits per heavy atom. The highest BCUT2D eigenvalue weighted by molar-refractivity contribution is 5.94. The van der Waals surface area contributed by atoms with E-state index >= 15 is 0 Å². The first-order valence-electron chi connectivity index (χ1n) is 8.56. The number of piperidine rings is 1. The van der Waals surface area contributed by atoms with Crippen molar-refractivity contribution in [2.75, 3.05) is 19.6 Å². The molecule has 3 aliphatic rings. The largest absolute Gasteiger partial charge is 0.361 e. The Hall–Kier alpha value is -2.70. The molecule has 0 aliphatic carbocycles. The first kappa shape index (κ1) is 15.8. The number of rotatable bonds is 2. The average Bonchev–Trinajstić information content (AvgIpc) is 2.88. The van der Waals surface area contributed by atoms with Crippen LogP contribution in [0, 0.1) is 12.8 Å². The van der Waals surface area contributed by atoms with Gasteiger partial charge in [0.2, 0.25) is 0 Å². The smallest absolute Gasteiger partial charge is 0.276 e. The van der Waals surface area contributed by atoms with Crippen LogP contribution >= 0.6 is 0 Å². The van der Waals surface area contributed by atoms with Crippen LogP contribution in [0.5, 0.6) is 0 Å². The molecule has 130 valence electrons. The third-order valence-electron chi connectivity index (χ3n) is 4.99. The molecule has 2 bridgehead atoms. The normalized spacial score (nSPS) is 22.8. The molecule has 2 aromatic heterocycles. The number of pyridine rings is 1. The lowest BCUT2D eigenvalue weighted by molar-refractivity contribution is 0.0564. The van der Waals surface area contributed by atoms with E-state index in [1.807, 2.05) is 15.9 Å². The number of amides is 2. The molecule has 5 heterocycles. The van der Waals surface area contributed by atoms with E-state index in [1.54, 1.807) is 31.3 Å². The summed E-state index contributed by atoms with van der Waals surface area (Å²) in [6.45, 7) is 3.62. The fourth-order valence-electron chi connectivity index (χ4n) is 3.76. The number of carbonyl (C=O) groups is 2. The Kier molecular flexibility index (Phi) is 3.99. The van der Waals surface area contributed by atoms with Crippen LogP contribution in [0.15, 0.2) is 35.0 Å². The van der Waals surface area contributed by atoms with Gasteiger partial charge in [-0.25, -0.2) is 0 Å². The van der Waals surface area contributed by atoms with Crippen LogP contribution in [0.4, 0.5) is 0 Å². The van der Waals surface area contributed by atoms with Crippen LogP contribution in [0.25, 0.3) is 0 Å². The molecule has 2 aromatic rings. The molecule has 7 nitrogen and oxygen atoms in total. The predicted octanol–water partition coefficient (Wildman–Crippen LogP) is 1.75. The second-order valence-electron chi connectivity index (χ2n) is 6.80. The van der Waals surface area contributed by atoms with Gasteiger partial charge < -0.3 is 14.3 Å². The summed E-state index contributed by atoms with van der Waals surface area (Å²) in [7, 11) is 0. The summed E-state index contributed by atoms with van der Waals surface area (Å²) in [5, 5.41) is 3.85. The molecule has 0 N–H and O–H groups in total. The molecule has 7 heteroatoms. The minimum Gasteiger partial charge on any atom is -0.361 e. The van der Waals surface area contributed by atoms with E-state index in [0.717, 1.165) is 12.8 Å². The number of aryl methyl sites for hydroxylation is 1. The SMILES string of the molecule is Cc1cc(C(=O)N2C[C@H]3CC[C@@H]2CN(C(=O)c2ccccn2)C3)no1. The zero-order chi connectivity index (χ0) is 17.4. The van der Waals surface area contributed by atoms with Crippen molar-refractivity contribution in [3.8, 4) is 0 Å². The summed E-state index contributed by atoms with van der Waals surface area (Å²) in [4.78, 5) is 33.4. The second kappa shape index (κ2) is 6.31. The zero-order valence-corrected chi connectivity index (χ0v) is 14.1. The maximum Gasteiger partial charge on any atom is 0.276 e. The second-order valence-corrected chi connectivity index (χ2v) is 6.80. The fraction of sp³-hybridized carbons (Fsp3) is 0.444. The number of fused-ring (bicyclic) bond motifs is 4. The highest BCUT2D eigenvalue weighted by Gasteiger charge is 2.39. The van der Waals surface area contributed by atoms with Crippen molar-refractivity contribution in [3.05, 3.63) is 47.6 Å². The molecule has 0 radical (unpaired) electrons. The van der Waals surface area contributed by atoms with Crippen molar-refractivity contribution < 1.29 is 14.1 Å². The summed E-state index contributed by atoms with van der Waals surface area (Å²) in [5.41, 5.74) is 0.793. The Labute approximate surface area is 145 Å². The highest BCUT2D eigenvalue weighted by atomic mass is 16.5. The standard InChI is InChI=1S/C18H20N4O3/c1-12-8-16(20-25-12)18(24)22-10-13-5-6-14(22)11-21(9-13)17(23)15-4-2-3-7-19-15/h2-4,7-8,13-14H,5-6,9-11H2,1H3/t13-,14+/m0/s1. The molecular weight excluding hydrogens is 320 g/mol. The van der Waals surface area contributed by atoms with Crippen molar-refractivity contribution in [1.82, 2.24) is 19.9 Å². The van der Waals surface area contributed by atoms with Crippen molar-refractivity contribution >= 4 is 11.8 Å². The predicted molar refractivity (Wildman–Crippen MR) is 88.9 cm³/mol. The molecule has 0 aromatic carbocycles. The van der Waals surface area contributed by atoms with Gasteiger partial charge in [-0.3, -0.25) is 14.6 Å². The molecule has 5 rings (SSSR count). The lowest BCUT2D eigenvalue weighted by Gasteiger charge is -2.35. The van der Waals surface area contributed by atoms with Gasteiger partial charge in [-0.15, -0.1) is 0 Å². The van der Waals surface area contributed by atoms with Crippen molar-refractivity contribution in [2.24, 2.45) is 5.92 Å². The van der Waals surface area contributed by atoms with Crippen LogP contribution in [-0.4, -0.2) is 57.4 Å². The zero-order valence-electron chi connectivity index (χ0n) is 14.1. The molecule has 0 saturated carbocycles. The summed E-state index contributed by atoms with van der Waals surface area (Å²) < 4.78 is 5.03. The molecule has 2 atom stereocenters. The molecule has 2 amide bonds. The van der Waals surface area contributed by atoms with Gasteiger partial charge in [0.1, 0.15) is 11.5 Å². The minimum atomic E-state index is -0.112. The number of nitrogens with zero attached hydrogens (tertiary/aromatic N) is 4. The molecular formula is C18H20N4O3. The highest BCUT2D eigenvalue weighted by Crippen LogP contribution is 2.29. The van der Waals surface area contributed by atoms with E-state index in [9.17, 15) is 9.59 Å². The lowest BCUT2D eigenvalue weighted by Crippen LogP contribution is -2.47. The van der Waals surface area contributed by atoms with Crippen molar-refractivity contribution in [2.45, 2.75) is 25.8 Å². The molecule has 3 aliphatic heterocycles. The molecule has 3 saturated heterocycles. The summed E-state index contributed by atoms with van der Waals surface area (Å²) in [6.07, 6.45) is 3.56. The maximum absolute atomic E-state index is 12.8. The Balaban J connectivity index is 1.54. The Morgan fingerprint density at radius 2 is 2.00 bits per heavy atom. The van der Waals surface area contributed by atoms with Crippen LogP contribution in [0.3, 0.4) is 0 Å². The van der Waals surface area contributed by atoms with Crippen LogP contribution in [-0.2, 0) is 0 Å². The fourth-order valence-corrected chi connectivity index (χ4v) is 3.76. The Bertz CT molecular complexity index is 789. The maximum atomic E-state index is 12.8. The van der Waals surface area contributed by atoms with E-state index in [2.05, 4.69) is 10.1 Å². The van der Waals surface area contributed by atoms with Gasteiger partial charge in [0.15, 0.2) is 5.69 Å². The quantitative estimate of drug-likeness (QED) is 0.832. The third kappa shape index (κ3) is 3.01. The third-order valence-corrected chi connectivity index (χ3v) is 4.99. The van der Waals surface area contributed by atoms with Crippen molar-refractivity contribution in [3.63, 3.8) is 0 Å². The number of aromatic nitrogens is 2.